The van der Waals surface area contributed by atoms with Crippen molar-refractivity contribution < 1.29 is 9.53 Å². The fourth-order valence-corrected chi connectivity index (χ4v) is 6.02. The first-order valence-corrected chi connectivity index (χ1v) is 11.6. The van der Waals surface area contributed by atoms with E-state index in [0.717, 1.165) is 17.3 Å². The maximum Gasteiger partial charge on any atom is 0.305 e. The van der Waals surface area contributed by atoms with E-state index in [2.05, 4.69) is 86.5 Å². The molecule has 3 aliphatic carbocycles. The normalized spacial score (nSPS) is 21.6. The van der Waals surface area contributed by atoms with Crippen molar-refractivity contribution in [3.63, 3.8) is 0 Å². The molecule has 0 saturated carbocycles. The number of halogens is 2. The number of carbonyl (C=O) groups is 1. The van der Waals surface area contributed by atoms with E-state index >= 15 is 0 Å². The third-order valence-corrected chi connectivity index (χ3v) is 7.59. The van der Waals surface area contributed by atoms with Crippen LogP contribution in [0.1, 0.15) is 36.3 Å². The van der Waals surface area contributed by atoms with E-state index < -0.39 is 0 Å². The van der Waals surface area contributed by atoms with Crippen LogP contribution in [0.3, 0.4) is 0 Å². The molecule has 4 heteroatoms. The zero-order valence-electron chi connectivity index (χ0n) is 16.0. The predicted octanol–water partition coefficient (Wildman–Crippen LogP) is 7.00. The van der Waals surface area contributed by atoms with Gasteiger partial charge in [0.2, 0.25) is 0 Å². The van der Waals surface area contributed by atoms with Gasteiger partial charge in [-0.05, 0) is 63.1 Å². The van der Waals surface area contributed by atoms with Crippen LogP contribution >= 0.6 is 31.9 Å². The highest BCUT2D eigenvalue weighted by Gasteiger charge is 2.35. The smallest absolute Gasteiger partial charge is 0.305 e. The first-order valence-electron chi connectivity index (χ1n) is 9.86. The third-order valence-electron chi connectivity index (χ3n) is 6.13. The van der Waals surface area contributed by atoms with Crippen molar-refractivity contribution in [2.45, 2.75) is 30.0 Å². The molecule has 0 spiro atoms. The number of carbonyl (C=O) groups excluding carboxylic acids is 1. The Labute approximate surface area is 187 Å². The van der Waals surface area contributed by atoms with Gasteiger partial charge >= 0.3 is 5.97 Å². The van der Waals surface area contributed by atoms with E-state index in [4.69, 9.17) is 4.74 Å². The van der Waals surface area contributed by atoms with Crippen LogP contribution in [0.5, 0.6) is 0 Å². The number of benzene rings is 2. The lowest BCUT2D eigenvalue weighted by atomic mass is 9.68. The van der Waals surface area contributed by atoms with Crippen LogP contribution in [0.25, 0.3) is 16.3 Å². The number of fused-ring (bicyclic) bond motifs is 2. The average molecular weight is 512 g/mol. The quantitative estimate of drug-likeness (QED) is 0.326. The first-order chi connectivity index (χ1) is 14.1. The second kappa shape index (κ2) is 7.41. The van der Waals surface area contributed by atoms with Crippen LogP contribution in [-0.2, 0) is 9.53 Å². The summed E-state index contributed by atoms with van der Waals surface area (Å²) in [5, 5.41) is 2.62. The Morgan fingerprint density at radius 2 is 1.97 bits per heavy atom. The number of esters is 1. The van der Waals surface area contributed by atoms with Crippen LogP contribution in [-0.4, -0.2) is 17.9 Å². The van der Waals surface area contributed by atoms with Gasteiger partial charge in [0.1, 0.15) is 0 Å². The fraction of sp³-hybridized carbons (Fsp3) is 0.240. The van der Waals surface area contributed by atoms with Gasteiger partial charge in [-0.3, -0.25) is 4.79 Å². The minimum atomic E-state index is -0.143. The molecule has 0 N–H and O–H groups in total. The Bertz CT molecular complexity index is 1170. The van der Waals surface area contributed by atoms with Crippen molar-refractivity contribution in [2.75, 3.05) is 7.11 Å². The maximum atomic E-state index is 11.5. The molecule has 0 amide bonds. The van der Waals surface area contributed by atoms with E-state index in [1.165, 1.54) is 51.3 Å². The monoisotopic (exact) mass is 510 g/mol. The Kier molecular flexibility index (Phi) is 4.87. The van der Waals surface area contributed by atoms with Gasteiger partial charge in [-0.25, -0.2) is 0 Å². The lowest BCUT2D eigenvalue weighted by Gasteiger charge is -2.37. The number of hydrogen-bond acceptors (Lipinski definition) is 2. The molecule has 0 saturated heterocycles. The van der Waals surface area contributed by atoms with Gasteiger partial charge in [0.15, 0.2) is 0 Å². The largest absolute Gasteiger partial charge is 0.469 e. The SMILES string of the molecule is COC(=O)CCCC1=C2C3=C(C=CC2Br)c2ccc(Br)c4cccc(c24)C3C=C1. The summed E-state index contributed by atoms with van der Waals surface area (Å²) in [5.41, 5.74) is 8.10. The predicted molar refractivity (Wildman–Crippen MR) is 125 cm³/mol. The number of methoxy groups -OCH3 is 1. The molecule has 2 aromatic rings. The minimum absolute atomic E-state index is 0.143. The molecule has 5 rings (SSSR count). The van der Waals surface area contributed by atoms with Gasteiger partial charge in [-0.1, -0.05) is 80.4 Å². The number of alkyl halides is 1. The van der Waals surface area contributed by atoms with E-state index in [-0.39, 0.29) is 16.7 Å². The zero-order chi connectivity index (χ0) is 20.1. The maximum absolute atomic E-state index is 11.5. The van der Waals surface area contributed by atoms with Gasteiger partial charge in [-0.15, -0.1) is 0 Å². The van der Waals surface area contributed by atoms with Crippen molar-refractivity contribution in [3.05, 3.63) is 87.0 Å². The van der Waals surface area contributed by atoms with Gasteiger partial charge < -0.3 is 4.74 Å². The fourth-order valence-electron chi connectivity index (χ4n) is 4.86. The summed E-state index contributed by atoms with van der Waals surface area (Å²) in [6.45, 7) is 0. The lowest BCUT2D eigenvalue weighted by Crippen LogP contribution is -2.21. The summed E-state index contributed by atoms with van der Waals surface area (Å²) in [6, 6.07) is 11.0. The zero-order valence-corrected chi connectivity index (χ0v) is 19.2. The molecular formula is C25H20Br2O2. The molecule has 2 atom stereocenters. The molecule has 0 fully saturated rings. The van der Waals surface area contributed by atoms with Crippen molar-refractivity contribution >= 4 is 54.2 Å². The first kappa shape index (κ1) is 19.1. The molecule has 0 aromatic heterocycles. The highest BCUT2D eigenvalue weighted by atomic mass is 79.9. The topological polar surface area (TPSA) is 26.3 Å². The summed E-state index contributed by atoms with van der Waals surface area (Å²) in [5.74, 6) is 0.121. The van der Waals surface area contributed by atoms with Crippen LogP contribution in [0.2, 0.25) is 0 Å². The molecule has 0 radical (unpaired) electrons. The minimum Gasteiger partial charge on any atom is -0.469 e. The molecular weight excluding hydrogens is 492 g/mol. The molecule has 0 heterocycles. The number of ether oxygens (including phenoxy) is 1. The Morgan fingerprint density at radius 1 is 1.10 bits per heavy atom. The Hall–Kier alpha value is -1.91. The average Bonchev–Trinajstić information content (AvgIpc) is 2.74. The molecule has 146 valence electrons. The van der Waals surface area contributed by atoms with Crippen molar-refractivity contribution in [1.29, 1.82) is 0 Å². The number of hydrogen-bond donors (Lipinski definition) is 0. The summed E-state index contributed by atoms with van der Waals surface area (Å²) < 4.78 is 5.94. The van der Waals surface area contributed by atoms with Crippen LogP contribution in [0.15, 0.2) is 75.8 Å². The van der Waals surface area contributed by atoms with Gasteiger partial charge in [0.25, 0.3) is 0 Å². The Morgan fingerprint density at radius 3 is 2.79 bits per heavy atom. The molecule has 2 aromatic carbocycles. The Balaban J connectivity index is 1.66. The summed E-state index contributed by atoms with van der Waals surface area (Å²) >= 11 is 7.62. The van der Waals surface area contributed by atoms with Crippen molar-refractivity contribution in [2.24, 2.45) is 0 Å². The summed E-state index contributed by atoms with van der Waals surface area (Å²) in [6.07, 6.45) is 11.2. The third kappa shape index (κ3) is 3.00. The van der Waals surface area contributed by atoms with E-state index in [1.807, 2.05) is 0 Å². The van der Waals surface area contributed by atoms with Crippen LogP contribution in [0, 0.1) is 0 Å². The molecule has 2 unspecified atom stereocenters. The van der Waals surface area contributed by atoms with Gasteiger partial charge in [0.05, 0.1) is 11.9 Å². The van der Waals surface area contributed by atoms with Crippen molar-refractivity contribution in [3.8, 4) is 0 Å². The molecule has 2 nitrogen and oxygen atoms in total. The van der Waals surface area contributed by atoms with Crippen LogP contribution in [0.4, 0.5) is 0 Å². The summed E-state index contributed by atoms with van der Waals surface area (Å²) in [4.78, 5) is 11.7. The molecule has 0 bridgehead atoms. The standard InChI is InChI=1S/C25H20Br2O2/c1-29-22(28)7-2-4-14-8-9-17-15-5-3-6-19-20(26)12-10-16(24(15)19)18-11-13-21(27)23(14)25(17)18/h3,5-6,8-13,17,21H,2,4,7H2,1H3. The second-order valence-electron chi connectivity index (χ2n) is 7.66. The number of allylic oxidation sites excluding steroid dienone is 8. The van der Waals surface area contributed by atoms with E-state index in [0.29, 0.717) is 6.42 Å². The van der Waals surface area contributed by atoms with Gasteiger partial charge in [-0.2, -0.15) is 0 Å². The van der Waals surface area contributed by atoms with Crippen LogP contribution < -0.4 is 0 Å². The van der Waals surface area contributed by atoms with E-state index in [1.54, 1.807) is 0 Å². The highest BCUT2D eigenvalue weighted by molar-refractivity contribution is 9.10. The molecule has 29 heavy (non-hydrogen) atoms. The second-order valence-corrected chi connectivity index (χ2v) is 9.50. The van der Waals surface area contributed by atoms with Gasteiger partial charge in [0, 0.05) is 16.8 Å². The molecule has 3 aliphatic rings. The van der Waals surface area contributed by atoms with Crippen molar-refractivity contribution in [1.82, 2.24) is 0 Å². The number of rotatable bonds is 4. The highest BCUT2D eigenvalue weighted by Crippen LogP contribution is 2.53. The molecule has 0 aliphatic heterocycles. The lowest BCUT2D eigenvalue weighted by molar-refractivity contribution is -0.140. The summed E-state index contributed by atoms with van der Waals surface area (Å²) in [7, 11) is 1.45. The van der Waals surface area contributed by atoms with E-state index in [9.17, 15) is 4.79 Å².